The van der Waals surface area contributed by atoms with Crippen molar-refractivity contribution in [3.05, 3.63) is 65.2 Å². The monoisotopic (exact) mass is 330 g/mol. The van der Waals surface area contributed by atoms with Gasteiger partial charge in [-0.05, 0) is 53.2 Å². The zero-order valence-electron chi connectivity index (χ0n) is 13.0. The first kappa shape index (κ1) is 15.8. The van der Waals surface area contributed by atoms with E-state index in [0.29, 0.717) is 11.2 Å². The second kappa shape index (κ2) is 7.98. The van der Waals surface area contributed by atoms with E-state index in [1.54, 1.807) is 0 Å². The van der Waals surface area contributed by atoms with Crippen molar-refractivity contribution < 1.29 is 4.74 Å². The van der Waals surface area contributed by atoms with Crippen molar-refractivity contribution in [3.63, 3.8) is 0 Å². The molecule has 0 bridgehead atoms. The molecule has 1 aliphatic rings. The lowest BCUT2D eigenvalue weighted by atomic mass is 10.1. The van der Waals surface area contributed by atoms with Crippen LogP contribution in [0.1, 0.15) is 34.6 Å². The molecule has 1 nitrogen and oxygen atoms in total. The van der Waals surface area contributed by atoms with Crippen LogP contribution < -0.4 is 4.74 Å². The number of aryl methyl sites for hydroxylation is 1. The van der Waals surface area contributed by atoms with Crippen LogP contribution in [0.15, 0.2) is 48.5 Å². The van der Waals surface area contributed by atoms with Crippen molar-refractivity contribution in [2.24, 2.45) is 0 Å². The van der Waals surface area contributed by atoms with E-state index in [1.165, 1.54) is 34.6 Å². The van der Waals surface area contributed by atoms with Gasteiger partial charge in [-0.2, -0.15) is 0 Å². The van der Waals surface area contributed by atoms with Gasteiger partial charge in [-0.15, -0.1) is 23.5 Å². The molecule has 0 atom stereocenters. The maximum absolute atomic E-state index is 5.89. The molecule has 0 amide bonds. The van der Waals surface area contributed by atoms with Gasteiger partial charge >= 0.3 is 0 Å². The molecule has 22 heavy (non-hydrogen) atoms. The lowest BCUT2D eigenvalue weighted by Gasteiger charge is -2.21. The van der Waals surface area contributed by atoms with Crippen molar-refractivity contribution in [1.29, 1.82) is 0 Å². The van der Waals surface area contributed by atoms with E-state index in [1.807, 2.05) is 0 Å². The Hall–Kier alpha value is -1.06. The highest BCUT2D eigenvalue weighted by atomic mass is 32.2. The third-order valence-corrected chi connectivity index (χ3v) is 6.83. The topological polar surface area (TPSA) is 9.23 Å². The largest absolute Gasteiger partial charge is 0.489 e. The van der Waals surface area contributed by atoms with Crippen molar-refractivity contribution in [2.75, 3.05) is 11.5 Å². The summed E-state index contributed by atoms with van der Waals surface area (Å²) in [5.74, 6) is 3.52. The van der Waals surface area contributed by atoms with Gasteiger partial charge in [0.1, 0.15) is 12.4 Å². The van der Waals surface area contributed by atoms with Gasteiger partial charge in [0, 0.05) is 0 Å². The Morgan fingerprint density at radius 2 is 1.55 bits per heavy atom. The minimum atomic E-state index is 0.601. The average molecular weight is 331 g/mol. The summed E-state index contributed by atoms with van der Waals surface area (Å²) in [6.07, 6.45) is 2.42. The molecule has 2 aromatic rings. The highest BCUT2D eigenvalue weighted by molar-refractivity contribution is 8.16. The second-order valence-corrected chi connectivity index (χ2v) is 8.18. The molecule has 3 rings (SSSR count). The van der Waals surface area contributed by atoms with E-state index in [4.69, 9.17) is 4.74 Å². The molecule has 0 N–H and O–H groups in total. The van der Waals surface area contributed by atoms with Crippen LogP contribution >= 0.6 is 23.5 Å². The minimum Gasteiger partial charge on any atom is -0.489 e. The van der Waals surface area contributed by atoms with E-state index in [0.717, 1.165) is 12.2 Å². The standard InChI is InChI=1S/C19H22OS2/c1-2-15-4-6-16(7-5-15)14-20-18-10-8-17(9-11-18)19-21-12-3-13-22-19/h4-11,19H,2-3,12-14H2,1H3. The molecule has 0 spiro atoms. The van der Waals surface area contributed by atoms with Crippen molar-refractivity contribution >= 4 is 23.5 Å². The Labute approximate surface area is 141 Å². The molecule has 0 aromatic heterocycles. The van der Waals surface area contributed by atoms with Crippen molar-refractivity contribution in [3.8, 4) is 5.75 Å². The maximum Gasteiger partial charge on any atom is 0.119 e. The molecule has 0 radical (unpaired) electrons. The molecule has 0 saturated carbocycles. The van der Waals surface area contributed by atoms with Crippen molar-refractivity contribution in [1.82, 2.24) is 0 Å². The van der Waals surface area contributed by atoms with Gasteiger partial charge in [0.25, 0.3) is 0 Å². The fourth-order valence-corrected chi connectivity index (χ4v) is 5.33. The number of rotatable bonds is 5. The molecule has 1 fully saturated rings. The highest BCUT2D eigenvalue weighted by Gasteiger charge is 2.16. The number of hydrogen-bond donors (Lipinski definition) is 0. The Bertz CT molecular complexity index is 571. The Balaban J connectivity index is 1.56. The summed E-state index contributed by atoms with van der Waals surface area (Å²) >= 11 is 4.12. The van der Waals surface area contributed by atoms with Crippen LogP contribution in [-0.4, -0.2) is 11.5 Å². The van der Waals surface area contributed by atoms with Crippen LogP contribution in [0.4, 0.5) is 0 Å². The van der Waals surface area contributed by atoms with E-state index < -0.39 is 0 Å². The summed E-state index contributed by atoms with van der Waals surface area (Å²) in [5, 5.41) is 0. The zero-order valence-corrected chi connectivity index (χ0v) is 14.6. The van der Waals surface area contributed by atoms with E-state index in [-0.39, 0.29) is 0 Å². The Kier molecular flexibility index (Phi) is 5.74. The molecule has 1 saturated heterocycles. The van der Waals surface area contributed by atoms with Gasteiger partial charge in [0.05, 0.1) is 4.58 Å². The summed E-state index contributed by atoms with van der Waals surface area (Å²) in [5.41, 5.74) is 4.00. The molecule has 1 heterocycles. The number of ether oxygens (including phenoxy) is 1. The van der Waals surface area contributed by atoms with Gasteiger partial charge in [-0.25, -0.2) is 0 Å². The summed E-state index contributed by atoms with van der Waals surface area (Å²) in [6, 6.07) is 17.3. The second-order valence-electron chi connectivity index (χ2n) is 5.45. The molecule has 0 aliphatic carbocycles. The normalized spacial score (nSPS) is 15.7. The third-order valence-electron chi connectivity index (χ3n) is 3.82. The van der Waals surface area contributed by atoms with Gasteiger partial charge in [0.2, 0.25) is 0 Å². The summed E-state index contributed by atoms with van der Waals surface area (Å²) < 4.78 is 6.50. The fourth-order valence-electron chi connectivity index (χ4n) is 2.44. The molecule has 1 aliphatic heterocycles. The van der Waals surface area contributed by atoms with Crippen LogP contribution in [0, 0.1) is 0 Å². The van der Waals surface area contributed by atoms with Gasteiger partial charge in [-0.3, -0.25) is 0 Å². The first-order chi connectivity index (χ1) is 10.8. The SMILES string of the molecule is CCc1ccc(COc2ccc(C3SCCCS3)cc2)cc1. The molecular weight excluding hydrogens is 308 g/mol. The minimum absolute atomic E-state index is 0.601. The fraction of sp³-hybridized carbons (Fsp3) is 0.368. The van der Waals surface area contributed by atoms with E-state index >= 15 is 0 Å². The quantitative estimate of drug-likeness (QED) is 0.696. The van der Waals surface area contributed by atoms with Gasteiger partial charge in [0.15, 0.2) is 0 Å². The lowest BCUT2D eigenvalue weighted by Crippen LogP contribution is -2.00. The van der Waals surface area contributed by atoms with E-state index in [2.05, 4.69) is 79.0 Å². The van der Waals surface area contributed by atoms with Crippen LogP contribution in [0.25, 0.3) is 0 Å². The Morgan fingerprint density at radius 3 is 2.18 bits per heavy atom. The highest BCUT2D eigenvalue weighted by Crippen LogP contribution is 2.43. The van der Waals surface area contributed by atoms with Crippen LogP contribution in [-0.2, 0) is 13.0 Å². The number of benzene rings is 2. The molecule has 3 heteroatoms. The van der Waals surface area contributed by atoms with E-state index in [9.17, 15) is 0 Å². The Morgan fingerprint density at radius 1 is 0.909 bits per heavy atom. The third kappa shape index (κ3) is 4.23. The van der Waals surface area contributed by atoms with Crippen LogP contribution in [0.3, 0.4) is 0 Å². The molecule has 0 unspecified atom stereocenters. The first-order valence-electron chi connectivity index (χ1n) is 7.89. The van der Waals surface area contributed by atoms with Crippen LogP contribution in [0.5, 0.6) is 5.75 Å². The van der Waals surface area contributed by atoms with Crippen LogP contribution in [0.2, 0.25) is 0 Å². The maximum atomic E-state index is 5.89. The van der Waals surface area contributed by atoms with Crippen molar-refractivity contribution in [2.45, 2.75) is 31.0 Å². The summed E-state index contributed by atoms with van der Waals surface area (Å²) in [7, 11) is 0. The number of thioether (sulfide) groups is 2. The molecular formula is C19H22OS2. The zero-order chi connectivity index (χ0) is 15.2. The predicted octanol–water partition coefficient (Wildman–Crippen LogP) is 5.70. The van der Waals surface area contributed by atoms with Gasteiger partial charge in [-0.1, -0.05) is 43.3 Å². The molecule has 116 valence electrons. The number of hydrogen-bond acceptors (Lipinski definition) is 3. The molecule has 2 aromatic carbocycles. The average Bonchev–Trinajstić information content (AvgIpc) is 2.61. The van der Waals surface area contributed by atoms with Gasteiger partial charge < -0.3 is 4.74 Å². The lowest BCUT2D eigenvalue weighted by molar-refractivity contribution is 0.306. The summed E-state index contributed by atoms with van der Waals surface area (Å²) in [6.45, 7) is 2.81. The predicted molar refractivity (Wildman–Crippen MR) is 98.9 cm³/mol. The summed E-state index contributed by atoms with van der Waals surface area (Å²) in [4.78, 5) is 0. The first-order valence-corrected chi connectivity index (χ1v) is 9.98. The smallest absolute Gasteiger partial charge is 0.119 e.